The average molecular weight is 281 g/mol. The second kappa shape index (κ2) is 7.44. The minimum atomic E-state index is -0.513. The van der Waals surface area contributed by atoms with E-state index in [1.54, 1.807) is 19.1 Å². The third-order valence-corrected chi connectivity index (χ3v) is 2.77. The highest BCUT2D eigenvalue weighted by Gasteiger charge is 2.18. The maximum absolute atomic E-state index is 10.9. The molecule has 0 fully saturated rings. The summed E-state index contributed by atoms with van der Waals surface area (Å²) in [7, 11) is 0. The van der Waals surface area contributed by atoms with Crippen molar-refractivity contribution in [2.45, 2.75) is 20.4 Å². The van der Waals surface area contributed by atoms with Gasteiger partial charge in [-0.15, -0.1) is 0 Å². The number of hydrogen-bond donors (Lipinski definition) is 2. The lowest BCUT2D eigenvalue weighted by atomic mass is 10.1. The molecular formula is C13H19N3O4. The van der Waals surface area contributed by atoms with Crippen LogP contribution in [0.25, 0.3) is 0 Å². The van der Waals surface area contributed by atoms with Crippen LogP contribution in [-0.2, 0) is 11.3 Å². The summed E-state index contributed by atoms with van der Waals surface area (Å²) in [6.07, 6.45) is 0. The smallest absolute Gasteiger partial charge is 0.310 e. The number of benzene rings is 1. The van der Waals surface area contributed by atoms with Crippen LogP contribution in [0.5, 0.6) is 5.75 Å². The summed E-state index contributed by atoms with van der Waals surface area (Å²) in [4.78, 5) is 21.4. The molecule has 0 radical (unpaired) electrons. The van der Waals surface area contributed by atoms with Crippen molar-refractivity contribution in [2.75, 3.05) is 13.2 Å². The SMILES string of the molecule is CCNCc1ccc([N+](=O)[O-])c(OCC(C)C(N)=O)c1. The summed E-state index contributed by atoms with van der Waals surface area (Å²) in [6.45, 7) is 4.98. The van der Waals surface area contributed by atoms with Crippen LogP contribution in [0.4, 0.5) is 5.69 Å². The summed E-state index contributed by atoms with van der Waals surface area (Å²) in [5.41, 5.74) is 5.88. The summed E-state index contributed by atoms with van der Waals surface area (Å²) in [6, 6.07) is 4.68. The number of rotatable bonds is 8. The summed E-state index contributed by atoms with van der Waals surface area (Å²) < 4.78 is 5.37. The van der Waals surface area contributed by atoms with Gasteiger partial charge in [-0.3, -0.25) is 14.9 Å². The molecule has 0 aliphatic heterocycles. The van der Waals surface area contributed by atoms with Crippen LogP contribution in [0.1, 0.15) is 19.4 Å². The van der Waals surface area contributed by atoms with Crippen LogP contribution < -0.4 is 15.8 Å². The minimum Gasteiger partial charge on any atom is -0.486 e. The average Bonchev–Trinajstić information content (AvgIpc) is 2.42. The van der Waals surface area contributed by atoms with E-state index in [9.17, 15) is 14.9 Å². The molecule has 1 aromatic rings. The first-order valence-corrected chi connectivity index (χ1v) is 6.35. The Kier molecular flexibility index (Phi) is 5.92. The summed E-state index contributed by atoms with van der Waals surface area (Å²) in [5.74, 6) is -0.859. The molecule has 0 saturated carbocycles. The highest BCUT2D eigenvalue weighted by Crippen LogP contribution is 2.28. The van der Waals surface area contributed by atoms with Crippen LogP contribution in [0.3, 0.4) is 0 Å². The van der Waals surface area contributed by atoms with Crippen LogP contribution in [0.15, 0.2) is 18.2 Å². The van der Waals surface area contributed by atoms with Crippen molar-refractivity contribution in [2.24, 2.45) is 11.7 Å². The Morgan fingerprint density at radius 2 is 2.25 bits per heavy atom. The van der Waals surface area contributed by atoms with Crippen molar-refractivity contribution >= 4 is 11.6 Å². The fourth-order valence-electron chi connectivity index (χ4n) is 1.50. The Hall–Kier alpha value is -2.15. The van der Waals surface area contributed by atoms with Gasteiger partial charge < -0.3 is 15.8 Å². The van der Waals surface area contributed by atoms with Gasteiger partial charge in [0, 0.05) is 12.6 Å². The van der Waals surface area contributed by atoms with E-state index in [2.05, 4.69) is 5.32 Å². The summed E-state index contributed by atoms with van der Waals surface area (Å²) in [5, 5.41) is 14.1. The largest absolute Gasteiger partial charge is 0.486 e. The Labute approximate surface area is 117 Å². The molecule has 7 nitrogen and oxygen atoms in total. The van der Waals surface area contributed by atoms with Crippen molar-refractivity contribution in [3.8, 4) is 5.75 Å². The van der Waals surface area contributed by atoms with Crippen molar-refractivity contribution in [1.29, 1.82) is 0 Å². The van der Waals surface area contributed by atoms with Crippen LogP contribution in [0, 0.1) is 16.0 Å². The van der Waals surface area contributed by atoms with E-state index in [0.717, 1.165) is 12.1 Å². The number of nitro groups is 1. The number of nitrogens with one attached hydrogen (secondary N) is 1. The molecular weight excluding hydrogens is 262 g/mol. The Balaban J connectivity index is 2.88. The monoisotopic (exact) mass is 281 g/mol. The lowest BCUT2D eigenvalue weighted by Crippen LogP contribution is -2.26. The van der Waals surface area contributed by atoms with E-state index >= 15 is 0 Å². The number of ether oxygens (including phenoxy) is 1. The van der Waals surface area contributed by atoms with Gasteiger partial charge >= 0.3 is 5.69 Å². The molecule has 1 aromatic carbocycles. The van der Waals surface area contributed by atoms with Gasteiger partial charge in [0.05, 0.1) is 17.4 Å². The molecule has 1 unspecified atom stereocenters. The highest BCUT2D eigenvalue weighted by atomic mass is 16.6. The fraction of sp³-hybridized carbons (Fsp3) is 0.462. The van der Waals surface area contributed by atoms with Gasteiger partial charge in [-0.05, 0) is 18.2 Å². The predicted octanol–water partition coefficient (Wildman–Crippen LogP) is 1.20. The van der Waals surface area contributed by atoms with Crippen LogP contribution in [0.2, 0.25) is 0 Å². The zero-order chi connectivity index (χ0) is 15.1. The third-order valence-electron chi connectivity index (χ3n) is 2.77. The molecule has 1 atom stereocenters. The molecule has 0 spiro atoms. The number of amides is 1. The van der Waals surface area contributed by atoms with E-state index in [1.165, 1.54) is 6.07 Å². The molecule has 7 heteroatoms. The van der Waals surface area contributed by atoms with E-state index in [1.807, 2.05) is 6.92 Å². The Bertz CT molecular complexity index is 491. The fourth-order valence-corrected chi connectivity index (χ4v) is 1.50. The van der Waals surface area contributed by atoms with E-state index in [4.69, 9.17) is 10.5 Å². The first kappa shape index (κ1) is 15.9. The van der Waals surface area contributed by atoms with Gasteiger partial charge in [-0.1, -0.05) is 19.9 Å². The zero-order valence-corrected chi connectivity index (χ0v) is 11.6. The maximum Gasteiger partial charge on any atom is 0.310 e. The second-order valence-electron chi connectivity index (χ2n) is 4.45. The summed E-state index contributed by atoms with van der Waals surface area (Å²) >= 11 is 0. The Morgan fingerprint density at radius 3 is 2.80 bits per heavy atom. The number of hydrogen-bond acceptors (Lipinski definition) is 5. The predicted molar refractivity (Wildman–Crippen MR) is 74.3 cm³/mol. The van der Waals surface area contributed by atoms with Crippen LogP contribution in [-0.4, -0.2) is 24.0 Å². The first-order valence-electron chi connectivity index (χ1n) is 6.35. The first-order chi connectivity index (χ1) is 9.45. The molecule has 0 bridgehead atoms. The van der Waals surface area contributed by atoms with Crippen LogP contribution >= 0.6 is 0 Å². The van der Waals surface area contributed by atoms with E-state index in [0.29, 0.717) is 6.54 Å². The normalized spacial score (nSPS) is 11.9. The molecule has 1 amide bonds. The standard InChI is InChI=1S/C13H19N3O4/c1-3-15-7-10-4-5-11(16(18)19)12(6-10)20-8-9(2)13(14)17/h4-6,9,15H,3,7-8H2,1-2H3,(H2,14,17). The molecule has 20 heavy (non-hydrogen) atoms. The van der Waals surface area contributed by atoms with Crippen molar-refractivity contribution in [3.63, 3.8) is 0 Å². The minimum absolute atomic E-state index is 0.0147. The number of nitro benzene ring substituents is 1. The molecule has 110 valence electrons. The number of primary amides is 1. The van der Waals surface area contributed by atoms with Gasteiger partial charge in [0.1, 0.15) is 0 Å². The van der Waals surface area contributed by atoms with E-state index < -0.39 is 16.7 Å². The molecule has 3 N–H and O–H groups in total. The van der Waals surface area contributed by atoms with Crippen molar-refractivity contribution < 1.29 is 14.5 Å². The lowest BCUT2D eigenvalue weighted by Gasteiger charge is -2.11. The quantitative estimate of drug-likeness (QED) is 0.550. The van der Waals surface area contributed by atoms with Gasteiger partial charge in [-0.25, -0.2) is 0 Å². The number of nitrogens with two attached hydrogens (primary N) is 1. The van der Waals surface area contributed by atoms with Gasteiger partial charge in [-0.2, -0.15) is 0 Å². The highest BCUT2D eigenvalue weighted by molar-refractivity contribution is 5.76. The zero-order valence-electron chi connectivity index (χ0n) is 11.6. The van der Waals surface area contributed by atoms with Crippen molar-refractivity contribution in [3.05, 3.63) is 33.9 Å². The van der Waals surface area contributed by atoms with Crippen molar-refractivity contribution in [1.82, 2.24) is 5.32 Å². The topological polar surface area (TPSA) is 107 Å². The molecule has 0 aliphatic rings. The molecule has 0 heterocycles. The maximum atomic E-state index is 10.9. The number of nitrogens with zero attached hydrogens (tertiary/aromatic N) is 1. The number of carbonyl (C=O) groups is 1. The molecule has 0 aliphatic carbocycles. The third kappa shape index (κ3) is 4.51. The van der Waals surface area contributed by atoms with Gasteiger partial charge in [0.25, 0.3) is 0 Å². The second-order valence-corrected chi connectivity index (χ2v) is 4.45. The molecule has 0 saturated heterocycles. The molecule has 1 rings (SSSR count). The number of carbonyl (C=O) groups excluding carboxylic acids is 1. The Morgan fingerprint density at radius 1 is 1.55 bits per heavy atom. The van der Waals surface area contributed by atoms with E-state index in [-0.39, 0.29) is 18.0 Å². The lowest BCUT2D eigenvalue weighted by molar-refractivity contribution is -0.385. The van der Waals surface area contributed by atoms with Gasteiger partial charge in [0.15, 0.2) is 5.75 Å². The molecule has 0 aromatic heterocycles. The van der Waals surface area contributed by atoms with Gasteiger partial charge in [0.2, 0.25) is 5.91 Å².